The number of nitrogens with zero attached hydrogens (tertiary/aromatic N) is 1. The molecule has 0 spiro atoms. The number of rotatable bonds is 4. The monoisotopic (exact) mass is 346 g/mol. The maximum absolute atomic E-state index is 11.1. The summed E-state index contributed by atoms with van der Waals surface area (Å²) in [7, 11) is 0.384. The van der Waals surface area contributed by atoms with Gasteiger partial charge in [-0.05, 0) is 58.1 Å². The number of carboxylic acids is 1. The van der Waals surface area contributed by atoms with Gasteiger partial charge in [-0.25, -0.2) is 0 Å². The first-order valence-corrected chi connectivity index (χ1v) is 9.43. The summed E-state index contributed by atoms with van der Waals surface area (Å²) in [6, 6.07) is 0. The summed E-state index contributed by atoms with van der Waals surface area (Å²) >= 11 is 0. The molecule has 1 heterocycles. The van der Waals surface area contributed by atoms with Gasteiger partial charge in [0.05, 0.1) is 5.92 Å². The zero-order chi connectivity index (χ0) is 19.0. The lowest BCUT2D eigenvalue weighted by molar-refractivity contribution is -0.145. The summed E-state index contributed by atoms with van der Waals surface area (Å²) < 4.78 is 0. The fraction of sp³-hybridized carbons (Fsp3) is 0.941. The van der Waals surface area contributed by atoms with Crippen molar-refractivity contribution in [2.45, 2.75) is 65.6 Å². The van der Waals surface area contributed by atoms with Crippen molar-refractivity contribution in [3.8, 4) is 0 Å². The number of carboxylic acid groups (broad SMARTS) is 1. The largest absolute Gasteiger partial charge is 0.481 e. The number of hydrogen-bond donors (Lipinski definition) is 4. The highest BCUT2D eigenvalue weighted by atomic mass is 16.4. The molecule has 2 atom stereocenters. The molecule has 2 rings (SSSR count). The van der Waals surface area contributed by atoms with E-state index in [2.05, 4.69) is 10.6 Å². The van der Waals surface area contributed by atoms with E-state index in [-0.39, 0.29) is 5.92 Å². The second kappa shape index (κ2) is 17.2. The van der Waals surface area contributed by atoms with E-state index in [0.717, 1.165) is 25.8 Å². The van der Waals surface area contributed by atoms with Crippen molar-refractivity contribution in [1.82, 2.24) is 4.90 Å². The molecule has 2 fully saturated rings. The van der Waals surface area contributed by atoms with Crippen LogP contribution >= 0.6 is 0 Å². The lowest BCUT2D eigenvalue weighted by Gasteiger charge is -2.31. The Kier molecular flexibility index (Phi) is 18.4. The normalized spacial score (nSPS) is 22.8. The van der Waals surface area contributed by atoms with Crippen LogP contribution in [0.4, 0.5) is 0 Å². The Hall–Kier alpha value is -0.625. The lowest BCUT2D eigenvalue weighted by atomic mass is 9.79. The summed E-state index contributed by atoms with van der Waals surface area (Å²) in [5.74, 6) is -0.229. The number of nitrogens with two attached hydrogens (primary N) is 1. The molecular weight excluding hydrogens is 307 g/mol. The Bertz CT molecular complexity index is 288. The van der Waals surface area contributed by atoms with Crippen LogP contribution in [0.5, 0.6) is 0 Å². The summed E-state index contributed by atoms with van der Waals surface area (Å²) in [5, 5.41) is 25.0. The van der Waals surface area contributed by atoms with Crippen LogP contribution in [0.1, 0.15) is 59.3 Å². The molecule has 2 aliphatic rings. The molecular formula is C17H39BN2O4. The Labute approximate surface area is 148 Å². The third-order valence-corrected chi connectivity index (χ3v) is 4.28. The van der Waals surface area contributed by atoms with Gasteiger partial charge in [-0.1, -0.05) is 33.6 Å². The van der Waals surface area contributed by atoms with E-state index >= 15 is 0 Å². The van der Waals surface area contributed by atoms with Gasteiger partial charge >= 0.3 is 13.1 Å². The molecule has 5 N–H and O–H groups in total. The Balaban J connectivity index is 0. The second-order valence-corrected chi connectivity index (χ2v) is 5.89. The van der Waals surface area contributed by atoms with E-state index in [1.165, 1.54) is 39.4 Å². The van der Waals surface area contributed by atoms with Crippen molar-refractivity contribution in [3.05, 3.63) is 0 Å². The molecule has 1 aliphatic heterocycles. The topological polar surface area (TPSA) is 107 Å². The van der Waals surface area contributed by atoms with Gasteiger partial charge in [0, 0.05) is 6.54 Å². The van der Waals surface area contributed by atoms with Crippen molar-refractivity contribution >= 4 is 13.1 Å². The molecule has 0 bridgehead atoms. The minimum Gasteiger partial charge on any atom is -0.481 e. The van der Waals surface area contributed by atoms with Crippen LogP contribution < -0.4 is 5.73 Å². The highest BCUT2D eigenvalue weighted by molar-refractivity contribution is 6.40. The summed E-state index contributed by atoms with van der Waals surface area (Å²) in [6.45, 7) is 9.09. The number of hydrogen-bond acceptors (Lipinski definition) is 5. The smallest absolute Gasteiger partial charge is 0.451 e. The molecule has 7 heteroatoms. The molecule has 1 saturated carbocycles. The molecule has 24 heavy (non-hydrogen) atoms. The molecule has 1 aliphatic carbocycles. The molecule has 0 aromatic rings. The van der Waals surface area contributed by atoms with Gasteiger partial charge in [-0.2, -0.15) is 0 Å². The first-order valence-electron chi connectivity index (χ1n) is 9.43. The van der Waals surface area contributed by atoms with Gasteiger partial charge in [0.1, 0.15) is 0 Å². The van der Waals surface area contributed by atoms with Gasteiger partial charge in [-0.15, -0.1) is 0 Å². The van der Waals surface area contributed by atoms with E-state index in [1.807, 2.05) is 13.8 Å². The molecule has 0 aromatic heterocycles. The van der Waals surface area contributed by atoms with E-state index in [4.69, 9.17) is 15.2 Å². The van der Waals surface area contributed by atoms with Crippen molar-refractivity contribution in [1.29, 1.82) is 0 Å². The maximum Gasteiger partial charge on any atom is 0.451 e. The first-order chi connectivity index (χ1) is 11.5. The average Bonchev–Trinajstić information content (AvgIpc) is 3.12. The Morgan fingerprint density at radius 3 is 1.96 bits per heavy atom. The zero-order valence-electron chi connectivity index (χ0n) is 16.1. The van der Waals surface area contributed by atoms with Crippen LogP contribution in [0.25, 0.3) is 0 Å². The number of aliphatic carboxylic acids is 1. The van der Waals surface area contributed by atoms with Gasteiger partial charge in [0.2, 0.25) is 0 Å². The van der Waals surface area contributed by atoms with Crippen molar-refractivity contribution in [3.63, 3.8) is 0 Å². The van der Waals surface area contributed by atoms with E-state index < -0.39 is 13.1 Å². The van der Waals surface area contributed by atoms with Gasteiger partial charge < -0.3 is 25.8 Å². The number of carbonyl (C=O) groups is 1. The summed E-state index contributed by atoms with van der Waals surface area (Å²) in [4.78, 5) is 13.6. The minimum atomic E-state index is -1.12. The van der Waals surface area contributed by atoms with E-state index in [9.17, 15) is 4.79 Å². The summed E-state index contributed by atoms with van der Waals surface area (Å²) in [5.41, 5.74) is 4.50. The fourth-order valence-electron chi connectivity index (χ4n) is 3.05. The zero-order valence-corrected chi connectivity index (χ0v) is 16.1. The molecule has 0 amide bonds. The summed E-state index contributed by atoms with van der Waals surface area (Å²) in [6.07, 6.45) is 7.35. The third kappa shape index (κ3) is 11.8. The van der Waals surface area contributed by atoms with Crippen LogP contribution in [-0.4, -0.2) is 59.8 Å². The molecule has 0 aromatic carbocycles. The van der Waals surface area contributed by atoms with Crippen LogP contribution in [0.2, 0.25) is 6.32 Å². The van der Waals surface area contributed by atoms with Gasteiger partial charge in [-0.3, -0.25) is 4.79 Å². The van der Waals surface area contributed by atoms with Crippen LogP contribution in [0.3, 0.4) is 0 Å². The molecule has 144 valence electrons. The molecule has 0 unspecified atom stereocenters. The fourth-order valence-corrected chi connectivity index (χ4v) is 3.05. The van der Waals surface area contributed by atoms with E-state index in [0.29, 0.717) is 12.2 Å². The van der Waals surface area contributed by atoms with Crippen LogP contribution in [-0.2, 0) is 4.79 Å². The molecule has 0 radical (unpaired) electrons. The third-order valence-electron chi connectivity index (χ3n) is 4.28. The van der Waals surface area contributed by atoms with Crippen molar-refractivity contribution < 1.29 is 19.9 Å². The van der Waals surface area contributed by atoms with Crippen molar-refractivity contribution in [2.75, 3.05) is 26.7 Å². The Morgan fingerprint density at radius 2 is 1.54 bits per heavy atom. The predicted octanol–water partition coefficient (Wildman–Crippen LogP) is 2.05. The minimum absolute atomic E-state index is 0.0700. The highest BCUT2D eigenvalue weighted by Crippen LogP contribution is 2.31. The van der Waals surface area contributed by atoms with Crippen molar-refractivity contribution in [2.24, 2.45) is 17.6 Å². The van der Waals surface area contributed by atoms with E-state index in [1.54, 1.807) is 6.92 Å². The standard InChI is InChI=1S/C12H21NO2.C2H7BO2.C2H6.CH5N/c14-12(15)11-6-2-1-5-10(11)9-13-7-3-4-8-13;1-2-3(4)5;2*1-2/h10-11H,1-9H2,(H,14,15);4-5H,2H2,1H3;1-2H3;2H2,1H3/t10-,11-;;;/m0.../s1. The molecule has 6 nitrogen and oxygen atoms in total. The second-order valence-electron chi connectivity index (χ2n) is 5.89. The quantitative estimate of drug-likeness (QED) is 0.581. The maximum atomic E-state index is 11.1. The Morgan fingerprint density at radius 1 is 1.08 bits per heavy atom. The first kappa shape index (κ1) is 25.6. The van der Waals surface area contributed by atoms with Gasteiger partial charge in [0.25, 0.3) is 0 Å². The van der Waals surface area contributed by atoms with Crippen LogP contribution in [0.15, 0.2) is 0 Å². The SMILES string of the molecule is CC.CCB(O)O.CN.O=C(O)[C@H]1CCCC[C@H]1CN1CCCC1. The number of likely N-dealkylation sites (tertiary alicyclic amines) is 1. The van der Waals surface area contributed by atoms with Gasteiger partial charge in [0.15, 0.2) is 0 Å². The average molecular weight is 346 g/mol. The molecule has 1 saturated heterocycles. The lowest BCUT2D eigenvalue weighted by Crippen LogP contribution is -2.36. The highest BCUT2D eigenvalue weighted by Gasteiger charge is 2.32. The van der Waals surface area contributed by atoms with Crippen LogP contribution in [0, 0.1) is 11.8 Å². The predicted molar refractivity (Wildman–Crippen MR) is 101 cm³/mol.